The molecule has 1 aromatic carbocycles. The molecule has 0 aliphatic rings. The lowest BCUT2D eigenvalue weighted by atomic mass is 10.1. The first-order valence-corrected chi connectivity index (χ1v) is 4.89. The second-order valence-electron chi connectivity index (χ2n) is 4.49. The van der Waals surface area contributed by atoms with Crippen molar-refractivity contribution in [1.82, 2.24) is 4.57 Å². The molecule has 2 rings (SSSR count). The fourth-order valence-corrected chi connectivity index (χ4v) is 1.72. The Kier molecular flexibility index (Phi) is 2.08. The third-order valence-corrected chi connectivity index (χ3v) is 2.26. The molecule has 0 saturated carbocycles. The molecule has 0 atom stereocenters. The average molecular weight is 188 g/mol. The van der Waals surface area contributed by atoms with E-state index in [-0.39, 0.29) is 5.54 Å². The Morgan fingerprint density at radius 1 is 1.21 bits per heavy atom. The minimum Gasteiger partial charge on any atom is -0.346 e. The molecule has 0 radical (unpaired) electrons. The van der Waals surface area contributed by atoms with E-state index in [9.17, 15) is 0 Å². The van der Waals surface area contributed by atoms with Crippen LogP contribution in [0.4, 0.5) is 0 Å². The second kappa shape index (κ2) is 3.14. The standard InChI is InChI=1S/C12H16N2/c1-12(2,13)9-14-8-7-10-5-3-4-6-11(10)14/h3-8H,9,13H2,1-2H3. The van der Waals surface area contributed by atoms with E-state index in [1.54, 1.807) is 0 Å². The largest absolute Gasteiger partial charge is 0.346 e. The van der Waals surface area contributed by atoms with Crippen molar-refractivity contribution in [2.45, 2.75) is 25.9 Å². The topological polar surface area (TPSA) is 30.9 Å². The highest BCUT2D eigenvalue weighted by atomic mass is 15.0. The summed E-state index contributed by atoms with van der Waals surface area (Å²) >= 11 is 0. The van der Waals surface area contributed by atoms with E-state index in [1.807, 2.05) is 13.8 Å². The molecule has 0 bridgehead atoms. The number of rotatable bonds is 2. The summed E-state index contributed by atoms with van der Waals surface area (Å²) < 4.78 is 2.20. The predicted molar refractivity (Wildman–Crippen MR) is 60.2 cm³/mol. The number of benzene rings is 1. The number of nitrogens with two attached hydrogens (primary N) is 1. The fraction of sp³-hybridized carbons (Fsp3) is 0.333. The minimum atomic E-state index is -0.165. The molecule has 2 N–H and O–H groups in total. The van der Waals surface area contributed by atoms with Gasteiger partial charge in [-0.1, -0.05) is 18.2 Å². The van der Waals surface area contributed by atoms with Gasteiger partial charge < -0.3 is 10.3 Å². The van der Waals surface area contributed by atoms with Crippen LogP contribution in [0.5, 0.6) is 0 Å². The molecule has 0 amide bonds. The number of fused-ring (bicyclic) bond motifs is 1. The van der Waals surface area contributed by atoms with Crippen LogP contribution in [-0.4, -0.2) is 10.1 Å². The van der Waals surface area contributed by atoms with Crippen LogP contribution in [0.3, 0.4) is 0 Å². The Bertz CT molecular complexity index is 435. The highest BCUT2D eigenvalue weighted by Crippen LogP contribution is 2.16. The van der Waals surface area contributed by atoms with Gasteiger partial charge in [0, 0.05) is 23.8 Å². The zero-order chi connectivity index (χ0) is 10.2. The Labute approximate surface area is 84.3 Å². The highest BCUT2D eigenvalue weighted by Gasteiger charge is 2.12. The molecule has 2 heteroatoms. The first-order chi connectivity index (χ1) is 6.56. The van der Waals surface area contributed by atoms with Crippen LogP contribution in [0.15, 0.2) is 36.5 Å². The third-order valence-electron chi connectivity index (χ3n) is 2.26. The van der Waals surface area contributed by atoms with Gasteiger partial charge in [0.2, 0.25) is 0 Å². The molecule has 1 aromatic heterocycles. The first kappa shape index (κ1) is 9.28. The predicted octanol–water partition coefficient (Wildman–Crippen LogP) is 2.38. The molecule has 0 aliphatic carbocycles. The molecule has 1 heterocycles. The molecule has 0 saturated heterocycles. The van der Waals surface area contributed by atoms with E-state index in [0.717, 1.165) is 6.54 Å². The summed E-state index contributed by atoms with van der Waals surface area (Å²) in [6.07, 6.45) is 2.10. The third kappa shape index (κ3) is 1.80. The molecule has 0 aliphatic heterocycles. The zero-order valence-corrected chi connectivity index (χ0v) is 8.70. The van der Waals surface area contributed by atoms with Crippen molar-refractivity contribution in [2.75, 3.05) is 0 Å². The maximum Gasteiger partial charge on any atom is 0.0480 e. The summed E-state index contributed by atoms with van der Waals surface area (Å²) in [7, 11) is 0. The van der Waals surface area contributed by atoms with Gasteiger partial charge in [-0.25, -0.2) is 0 Å². The van der Waals surface area contributed by atoms with Crippen LogP contribution in [0.2, 0.25) is 0 Å². The van der Waals surface area contributed by atoms with Crippen molar-refractivity contribution in [3.05, 3.63) is 36.5 Å². The van der Waals surface area contributed by atoms with E-state index in [4.69, 9.17) is 5.73 Å². The van der Waals surface area contributed by atoms with Crippen molar-refractivity contribution < 1.29 is 0 Å². The van der Waals surface area contributed by atoms with E-state index in [2.05, 4.69) is 41.1 Å². The Morgan fingerprint density at radius 3 is 2.64 bits per heavy atom. The van der Waals surface area contributed by atoms with Gasteiger partial charge in [0.25, 0.3) is 0 Å². The summed E-state index contributed by atoms with van der Waals surface area (Å²) in [6, 6.07) is 10.5. The minimum absolute atomic E-state index is 0.165. The molecular formula is C12H16N2. The summed E-state index contributed by atoms with van der Waals surface area (Å²) in [6.45, 7) is 4.93. The van der Waals surface area contributed by atoms with Crippen molar-refractivity contribution in [1.29, 1.82) is 0 Å². The number of para-hydroxylation sites is 1. The molecule has 74 valence electrons. The highest BCUT2D eigenvalue weighted by molar-refractivity contribution is 5.79. The van der Waals surface area contributed by atoms with Crippen LogP contribution in [0.25, 0.3) is 10.9 Å². The van der Waals surface area contributed by atoms with Crippen molar-refractivity contribution in [3.63, 3.8) is 0 Å². The monoisotopic (exact) mass is 188 g/mol. The number of aromatic nitrogens is 1. The summed E-state index contributed by atoms with van der Waals surface area (Å²) in [5, 5.41) is 1.27. The zero-order valence-electron chi connectivity index (χ0n) is 8.70. The normalized spacial score (nSPS) is 12.2. The molecule has 0 spiro atoms. The number of nitrogens with zero attached hydrogens (tertiary/aromatic N) is 1. The van der Waals surface area contributed by atoms with Gasteiger partial charge in [0.1, 0.15) is 0 Å². The Morgan fingerprint density at radius 2 is 1.93 bits per heavy atom. The van der Waals surface area contributed by atoms with Crippen molar-refractivity contribution in [3.8, 4) is 0 Å². The lowest BCUT2D eigenvalue weighted by Crippen LogP contribution is -2.36. The molecule has 2 aromatic rings. The van der Waals surface area contributed by atoms with Gasteiger partial charge in [0.05, 0.1) is 0 Å². The van der Waals surface area contributed by atoms with Crippen LogP contribution < -0.4 is 5.73 Å². The van der Waals surface area contributed by atoms with Crippen LogP contribution >= 0.6 is 0 Å². The Balaban J connectivity index is 2.44. The van der Waals surface area contributed by atoms with Crippen LogP contribution in [-0.2, 0) is 6.54 Å². The van der Waals surface area contributed by atoms with Gasteiger partial charge in [-0.3, -0.25) is 0 Å². The maximum atomic E-state index is 6.00. The number of hydrogen-bond acceptors (Lipinski definition) is 1. The summed E-state index contributed by atoms with van der Waals surface area (Å²) in [5.41, 5.74) is 7.09. The van der Waals surface area contributed by atoms with Gasteiger partial charge in [-0.2, -0.15) is 0 Å². The fourth-order valence-electron chi connectivity index (χ4n) is 1.72. The molecular weight excluding hydrogens is 172 g/mol. The smallest absolute Gasteiger partial charge is 0.0480 e. The quantitative estimate of drug-likeness (QED) is 0.770. The van der Waals surface area contributed by atoms with E-state index >= 15 is 0 Å². The molecule has 2 nitrogen and oxygen atoms in total. The van der Waals surface area contributed by atoms with E-state index < -0.39 is 0 Å². The lowest BCUT2D eigenvalue weighted by molar-refractivity contribution is 0.441. The molecule has 14 heavy (non-hydrogen) atoms. The van der Waals surface area contributed by atoms with E-state index in [1.165, 1.54) is 10.9 Å². The van der Waals surface area contributed by atoms with Crippen molar-refractivity contribution in [2.24, 2.45) is 5.73 Å². The number of hydrogen-bond donors (Lipinski definition) is 1. The maximum absolute atomic E-state index is 6.00. The molecule has 0 fully saturated rings. The van der Waals surface area contributed by atoms with Gasteiger partial charge >= 0.3 is 0 Å². The van der Waals surface area contributed by atoms with Crippen LogP contribution in [0, 0.1) is 0 Å². The summed E-state index contributed by atoms with van der Waals surface area (Å²) in [4.78, 5) is 0. The summed E-state index contributed by atoms with van der Waals surface area (Å²) in [5.74, 6) is 0. The first-order valence-electron chi connectivity index (χ1n) is 4.89. The van der Waals surface area contributed by atoms with Gasteiger partial charge in [0.15, 0.2) is 0 Å². The van der Waals surface area contributed by atoms with Crippen LogP contribution in [0.1, 0.15) is 13.8 Å². The average Bonchev–Trinajstić information content (AvgIpc) is 2.47. The lowest BCUT2D eigenvalue weighted by Gasteiger charge is -2.19. The molecule has 0 unspecified atom stereocenters. The SMILES string of the molecule is CC(C)(N)Cn1ccc2ccccc21. The second-order valence-corrected chi connectivity index (χ2v) is 4.49. The van der Waals surface area contributed by atoms with E-state index in [0.29, 0.717) is 0 Å². The van der Waals surface area contributed by atoms with Gasteiger partial charge in [-0.15, -0.1) is 0 Å². The van der Waals surface area contributed by atoms with Crippen molar-refractivity contribution >= 4 is 10.9 Å². The van der Waals surface area contributed by atoms with Gasteiger partial charge in [-0.05, 0) is 31.4 Å². The Hall–Kier alpha value is -1.28.